The minimum atomic E-state index is -0.254. The highest BCUT2D eigenvalue weighted by Gasteiger charge is 2.21. The van der Waals surface area contributed by atoms with Gasteiger partial charge in [-0.15, -0.1) is 24.0 Å². The molecule has 1 unspecified atom stereocenters. The number of aliphatic imine (C=N–C) groups is 1. The van der Waals surface area contributed by atoms with Gasteiger partial charge in [-0.3, -0.25) is 0 Å². The second-order valence-electron chi connectivity index (χ2n) is 6.69. The van der Waals surface area contributed by atoms with Crippen molar-refractivity contribution in [3.8, 4) is 0 Å². The fraction of sp³-hybridized carbons (Fsp3) is 0.526. The number of ether oxygens (including phenoxy) is 1. The van der Waals surface area contributed by atoms with Crippen molar-refractivity contribution in [2.45, 2.75) is 52.4 Å². The molecule has 0 amide bonds. The van der Waals surface area contributed by atoms with Crippen LogP contribution in [0.5, 0.6) is 0 Å². The summed E-state index contributed by atoms with van der Waals surface area (Å²) in [6.45, 7) is 6.21. The van der Waals surface area contributed by atoms with Gasteiger partial charge in [0.1, 0.15) is 17.5 Å². The predicted octanol–water partition coefficient (Wildman–Crippen LogP) is 2.56. The minimum Gasteiger partial charge on any atom is -0.380 e. The highest BCUT2D eigenvalue weighted by atomic mass is 127. The lowest BCUT2D eigenvalue weighted by Crippen LogP contribution is -2.47. The van der Waals surface area contributed by atoms with Crippen LogP contribution in [-0.2, 0) is 30.9 Å². The van der Waals surface area contributed by atoms with Gasteiger partial charge in [0.15, 0.2) is 5.96 Å². The molecule has 154 valence electrons. The van der Waals surface area contributed by atoms with Gasteiger partial charge in [0, 0.05) is 31.7 Å². The maximum Gasteiger partial charge on any atom is 0.191 e. The monoisotopic (exact) mass is 502 g/mol. The Labute approximate surface area is 182 Å². The Bertz CT molecular complexity index is 810. The maximum absolute atomic E-state index is 13.8. The quantitative estimate of drug-likeness (QED) is 0.361. The van der Waals surface area contributed by atoms with Crippen LogP contribution < -0.4 is 10.6 Å². The van der Waals surface area contributed by atoms with Gasteiger partial charge < -0.3 is 15.4 Å². The van der Waals surface area contributed by atoms with E-state index in [1.54, 1.807) is 19.2 Å². The molecule has 1 aromatic carbocycles. The molecule has 1 aliphatic heterocycles. The third-order valence-electron chi connectivity index (χ3n) is 4.48. The van der Waals surface area contributed by atoms with Crippen LogP contribution in [-0.4, -0.2) is 40.4 Å². The molecule has 2 heterocycles. The second-order valence-corrected chi connectivity index (χ2v) is 6.69. The number of rotatable bonds is 6. The van der Waals surface area contributed by atoms with Crippen LogP contribution in [0.3, 0.4) is 0 Å². The zero-order valence-corrected chi connectivity index (χ0v) is 18.9. The fourth-order valence-electron chi connectivity index (χ4n) is 3.23. The largest absolute Gasteiger partial charge is 0.380 e. The molecule has 1 aliphatic rings. The number of aryl methyl sites for hydroxylation is 2. The van der Waals surface area contributed by atoms with Crippen LogP contribution in [0.1, 0.15) is 36.1 Å². The number of benzene rings is 1. The van der Waals surface area contributed by atoms with Gasteiger partial charge in [-0.2, -0.15) is 5.10 Å². The zero-order valence-electron chi connectivity index (χ0n) is 16.5. The first-order valence-corrected chi connectivity index (χ1v) is 9.30. The van der Waals surface area contributed by atoms with E-state index >= 15 is 0 Å². The molecule has 3 rings (SSSR count). The van der Waals surface area contributed by atoms with Gasteiger partial charge in [-0.05, 0) is 38.0 Å². The molecule has 0 saturated heterocycles. The first-order valence-electron chi connectivity index (χ1n) is 9.30. The number of aromatic nitrogens is 3. The van der Waals surface area contributed by atoms with E-state index in [1.165, 1.54) is 6.07 Å². The average molecular weight is 502 g/mol. The van der Waals surface area contributed by atoms with E-state index in [9.17, 15) is 4.39 Å². The number of nitrogens with zero attached hydrogens (tertiary/aromatic N) is 4. The lowest BCUT2D eigenvalue weighted by Gasteiger charge is -2.25. The number of fused-ring (bicyclic) bond motifs is 1. The van der Waals surface area contributed by atoms with Crippen molar-refractivity contribution >= 4 is 29.9 Å². The van der Waals surface area contributed by atoms with E-state index < -0.39 is 0 Å². The minimum absolute atomic E-state index is 0. The number of hydrogen-bond acceptors (Lipinski definition) is 4. The lowest BCUT2D eigenvalue weighted by molar-refractivity contribution is 0.181. The SMILES string of the molecule is CCNC(=NCc1ccc(F)c(COC)c1)NC1CCc2nc(C)nn2C1.I. The van der Waals surface area contributed by atoms with Crippen molar-refractivity contribution in [2.24, 2.45) is 4.99 Å². The summed E-state index contributed by atoms with van der Waals surface area (Å²) in [5, 5.41) is 11.2. The number of methoxy groups -OCH3 is 1. The van der Waals surface area contributed by atoms with E-state index in [0.29, 0.717) is 12.1 Å². The maximum atomic E-state index is 13.8. The van der Waals surface area contributed by atoms with Crippen molar-refractivity contribution in [3.05, 3.63) is 46.8 Å². The number of halogens is 2. The summed E-state index contributed by atoms with van der Waals surface area (Å²) in [5.74, 6) is 2.36. The van der Waals surface area contributed by atoms with E-state index in [4.69, 9.17) is 4.74 Å². The highest BCUT2D eigenvalue weighted by Crippen LogP contribution is 2.14. The molecule has 1 atom stereocenters. The molecule has 0 radical (unpaired) electrons. The summed E-state index contributed by atoms with van der Waals surface area (Å²) in [6, 6.07) is 5.27. The molecule has 0 aliphatic carbocycles. The Morgan fingerprint density at radius 1 is 1.43 bits per heavy atom. The molecule has 9 heteroatoms. The van der Waals surface area contributed by atoms with E-state index in [2.05, 4.69) is 25.7 Å². The number of guanidine groups is 1. The summed E-state index contributed by atoms with van der Waals surface area (Å²) < 4.78 is 20.8. The Kier molecular flexibility index (Phi) is 8.61. The molecule has 0 fully saturated rings. The van der Waals surface area contributed by atoms with Crippen LogP contribution in [0, 0.1) is 12.7 Å². The molecule has 0 bridgehead atoms. The van der Waals surface area contributed by atoms with Gasteiger partial charge in [0.2, 0.25) is 0 Å². The molecule has 28 heavy (non-hydrogen) atoms. The molecule has 2 aromatic rings. The van der Waals surface area contributed by atoms with Crippen LogP contribution >= 0.6 is 24.0 Å². The molecular formula is C19H28FIN6O. The Balaban J connectivity index is 0.00000280. The third-order valence-corrected chi connectivity index (χ3v) is 4.48. The summed E-state index contributed by atoms with van der Waals surface area (Å²) in [7, 11) is 1.56. The van der Waals surface area contributed by atoms with Crippen LogP contribution in [0.4, 0.5) is 4.39 Å². The molecule has 7 nitrogen and oxygen atoms in total. The summed E-state index contributed by atoms with van der Waals surface area (Å²) in [4.78, 5) is 9.10. The Morgan fingerprint density at radius 2 is 2.25 bits per heavy atom. The second kappa shape index (κ2) is 10.7. The molecule has 0 spiro atoms. The van der Waals surface area contributed by atoms with E-state index in [-0.39, 0.29) is 42.4 Å². The van der Waals surface area contributed by atoms with Crippen molar-refractivity contribution < 1.29 is 9.13 Å². The van der Waals surface area contributed by atoms with Gasteiger partial charge in [0.25, 0.3) is 0 Å². The fourth-order valence-corrected chi connectivity index (χ4v) is 3.23. The topological polar surface area (TPSA) is 76.4 Å². The van der Waals surface area contributed by atoms with Crippen molar-refractivity contribution in [1.29, 1.82) is 0 Å². The Morgan fingerprint density at radius 3 is 3.00 bits per heavy atom. The molecule has 0 saturated carbocycles. The smallest absolute Gasteiger partial charge is 0.191 e. The van der Waals surface area contributed by atoms with Crippen molar-refractivity contribution in [3.63, 3.8) is 0 Å². The number of hydrogen-bond donors (Lipinski definition) is 2. The lowest BCUT2D eigenvalue weighted by atomic mass is 10.1. The van der Waals surface area contributed by atoms with Gasteiger partial charge >= 0.3 is 0 Å². The first kappa shape index (κ1) is 22.5. The van der Waals surface area contributed by atoms with Gasteiger partial charge in [-0.1, -0.05) is 6.07 Å². The highest BCUT2D eigenvalue weighted by molar-refractivity contribution is 14.0. The zero-order chi connectivity index (χ0) is 19.2. The normalized spacial score (nSPS) is 16.3. The summed E-state index contributed by atoms with van der Waals surface area (Å²) in [6.07, 6.45) is 1.88. The van der Waals surface area contributed by atoms with Crippen LogP contribution in [0.15, 0.2) is 23.2 Å². The van der Waals surface area contributed by atoms with E-state index in [0.717, 1.165) is 49.1 Å². The van der Waals surface area contributed by atoms with E-state index in [1.807, 2.05) is 18.5 Å². The molecule has 2 N–H and O–H groups in total. The number of nitrogens with one attached hydrogen (secondary N) is 2. The molecule has 1 aromatic heterocycles. The van der Waals surface area contributed by atoms with Crippen molar-refractivity contribution in [2.75, 3.05) is 13.7 Å². The summed E-state index contributed by atoms with van der Waals surface area (Å²) >= 11 is 0. The van der Waals surface area contributed by atoms with Crippen molar-refractivity contribution in [1.82, 2.24) is 25.4 Å². The first-order chi connectivity index (χ1) is 13.1. The predicted molar refractivity (Wildman–Crippen MR) is 117 cm³/mol. The summed E-state index contributed by atoms with van der Waals surface area (Å²) in [5.41, 5.74) is 1.49. The van der Waals surface area contributed by atoms with Gasteiger partial charge in [0.05, 0.1) is 19.7 Å². The van der Waals surface area contributed by atoms with Crippen LogP contribution in [0.25, 0.3) is 0 Å². The third kappa shape index (κ3) is 5.87. The molecular weight excluding hydrogens is 474 g/mol. The standard InChI is InChI=1S/C19H27FN6O.HI/c1-4-21-19(22-10-14-5-7-17(20)15(9-14)12-27-3)24-16-6-8-18-23-13(2)25-26(18)11-16;/h5,7,9,16H,4,6,8,10-12H2,1-3H3,(H2,21,22,24);1H. The Hall–Kier alpha value is -1.75. The van der Waals surface area contributed by atoms with Gasteiger partial charge in [-0.25, -0.2) is 19.0 Å². The average Bonchev–Trinajstić information content (AvgIpc) is 3.02. The van der Waals surface area contributed by atoms with Crippen LogP contribution in [0.2, 0.25) is 0 Å².